The van der Waals surface area contributed by atoms with Gasteiger partial charge in [-0.25, -0.2) is 0 Å². The summed E-state index contributed by atoms with van der Waals surface area (Å²) < 4.78 is 2.23. The van der Waals surface area contributed by atoms with Crippen molar-refractivity contribution in [3.8, 4) is 0 Å². The normalized spacial score (nSPS) is 13.9. The predicted molar refractivity (Wildman–Crippen MR) is 94.4 cm³/mol. The standard InChI is InChI=1S/C18H25N5O/c1-22(2)15-8-6-7-14(13-15)18(24)19-11-10-17-21-20-16-9-4-3-5-12-23(16)17/h6-8,13H,3-5,9-12H2,1-2H3,(H,19,24). The van der Waals surface area contributed by atoms with Gasteiger partial charge in [0.1, 0.15) is 11.6 Å². The lowest BCUT2D eigenvalue weighted by Crippen LogP contribution is -2.26. The zero-order chi connectivity index (χ0) is 16.9. The second-order valence-electron chi connectivity index (χ2n) is 6.45. The molecule has 0 saturated heterocycles. The molecule has 1 N–H and O–H groups in total. The summed E-state index contributed by atoms with van der Waals surface area (Å²) in [5, 5.41) is 11.6. The Hall–Kier alpha value is -2.37. The van der Waals surface area contributed by atoms with Gasteiger partial charge in [0.15, 0.2) is 0 Å². The molecule has 0 aliphatic carbocycles. The summed E-state index contributed by atoms with van der Waals surface area (Å²) in [6, 6.07) is 7.63. The van der Waals surface area contributed by atoms with Gasteiger partial charge in [-0.3, -0.25) is 4.79 Å². The number of amides is 1. The van der Waals surface area contributed by atoms with Gasteiger partial charge in [0.05, 0.1) is 0 Å². The summed E-state index contributed by atoms with van der Waals surface area (Å²) >= 11 is 0. The molecule has 1 amide bonds. The molecule has 0 spiro atoms. The number of hydrogen-bond acceptors (Lipinski definition) is 4. The van der Waals surface area contributed by atoms with Crippen LogP contribution in [-0.2, 0) is 19.4 Å². The number of nitrogens with zero attached hydrogens (tertiary/aromatic N) is 4. The molecular formula is C18H25N5O. The van der Waals surface area contributed by atoms with Gasteiger partial charge in [0, 0.05) is 51.3 Å². The van der Waals surface area contributed by atoms with E-state index in [9.17, 15) is 4.79 Å². The summed E-state index contributed by atoms with van der Waals surface area (Å²) in [7, 11) is 3.93. The molecule has 0 saturated carbocycles. The van der Waals surface area contributed by atoms with Crippen molar-refractivity contribution in [3.63, 3.8) is 0 Å². The highest BCUT2D eigenvalue weighted by atomic mass is 16.1. The average Bonchev–Trinajstić information content (AvgIpc) is 2.81. The molecule has 0 radical (unpaired) electrons. The molecular weight excluding hydrogens is 302 g/mol. The molecule has 1 aromatic heterocycles. The maximum Gasteiger partial charge on any atom is 0.251 e. The van der Waals surface area contributed by atoms with Crippen LogP contribution in [0.15, 0.2) is 24.3 Å². The highest BCUT2D eigenvalue weighted by molar-refractivity contribution is 5.95. The van der Waals surface area contributed by atoms with Crippen LogP contribution in [0.2, 0.25) is 0 Å². The minimum atomic E-state index is -0.0469. The fraction of sp³-hybridized carbons (Fsp3) is 0.500. The van der Waals surface area contributed by atoms with E-state index in [0.717, 1.165) is 30.3 Å². The van der Waals surface area contributed by atoms with Crippen LogP contribution >= 0.6 is 0 Å². The van der Waals surface area contributed by atoms with Gasteiger partial charge < -0.3 is 14.8 Å². The summed E-state index contributed by atoms with van der Waals surface area (Å²) in [5.41, 5.74) is 1.70. The third-order valence-corrected chi connectivity index (χ3v) is 4.45. The largest absolute Gasteiger partial charge is 0.378 e. The number of benzene rings is 1. The van der Waals surface area contributed by atoms with E-state index in [0.29, 0.717) is 18.5 Å². The predicted octanol–water partition coefficient (Wildman–Crippen LogP) is 2.04. The highest BCUT2D eigenvalue weighted by Gasteiger charge is 2.14. The average molecular weight is 327 g/mol. The van der Waals surface area contributed by atoms with Crippen LogP contribution in [0.5, 0.6) is 0 Å². The summed E-state index contributed by atoms with van der Waals surface area (Å²) in [4.78, 5) is 14.3. The first kappa shape index (κ1) is 16.5. The molecule has 2 aromatic rings. The van der Waals surface area contributed by atoms with E-state index >= 15 is 0 Å². The van der Waals surface area contributed by atoms with Crippen molar-refractivity contribution < 1.29 is 4.79 Å². The molecule has 3 rings (SSSR count). The number of aryl methyl sites for hydroxylation is 1. The third kappa shape index (κ3) is 3.75. The van der Waals surface area contributed by atoms with E-state index in [1.54, 1.807) is 0 Å². The van der Waals surface area contributed by atoms with E-state index in [-0.39, 0.29) is 5.91 Å². The maximum absolute atomic E-state index is 12.3. The SMILES string of the molecule is CN(C)c1cccc(C(=O)NCCc2nnc3n2CCCCC3)c1. The first-order valence-electron chi connectivity index (χ1n) is 8.61. The Morgan fingerprint density at radius 3 is 2.96 bits per heavy atom. The monoisotopic (exact) mass is 327 g/mol. The summed E-state index contributed by atoms with van der Waals surface area (Å²) in [6.45, 7) is 1.57. The van der Waals surface area contributed by atoms with Crippen molar-refractivity contribution in [2.24, 2.45) is 0 Å². The van der Waals surface area contributed by atoms with E-state index in [2.05, 4.69) is 20.1 Å². The molecule has 24 heavy (non-hydrogen) atoms. The lowest BCUT2D eigenvalue weighted by molar-refractivity contribution is 0.0954. The zero-order valence-electron chi connectivity index (χ0n) is 14.5. The van der Waals surface area contributed by atoms with Crippen LogP contribution in [0, 0.1) is 0 Å². The van der Waals surface area contributed by atoms with Crippen molar-refractivity contribution in [2.75, 3.05) is 25.5 Å². The van der Waals surface area contributed by atoms with Crippen molar-refractivity contribution >= 4 is 11.6 Å². The van der Waals surface area contributed by atoms with Gasteiger partial charge in [-0.1, -0.05) is 12.5 Å². The maximum atomic E-state index is 12.3. The number of rotatable bonds is 5. The van der Waals surface area contributed by atoms with Gasteiger partial charge in [0.25, 0.3) is 5.91 Å². The molecule has 1 aliphatic heterocycles. The van der Waals surface area contributed by atoms with Gasteiger partial charge in [0.2, 0.25) is 0 Å². The van der Waals surface area contributed by atoms with Gasteiger partial charge in [-0.15, -0.1) is 10.2 Å². The van der Waals surface area contributed by atoms with Gasteiger partial charge >= 0.3 is 0 Å². The van der Waals surface area contributed by atoms with Crippen LogP contribution in [0.1, 0.15) is 41.3 Å². The molecule has 1 aromatic carbocycles. The number of fused-ring (bicyclic) bond motifs is 1. The number of hydrogen-bond donors (Lipinski definition) is 1. The van der Waals surface area contributed by atoms with Crippen LogP contribution < -0.4 is 10.2 Å². The van der Waals surface area contributed by atoms with Crippen LogP contribution in [0.3, 0.4) is 0 Å². The van der Waals surface area contributed by atoms with Crippen molar-refractivity contribution in [1.29, 1.82) is 0 Å². The van der Waals surface area contributed by atoms with Crippen LogP contribution in [-0.4, -0.2) is 41.3 Å². The molecule has 0 atom stereocenters. The number of aromatic nitrogens is 3. The van der Waals surface area contributed by atoms with Gasteiger partial charge in [-0.05, 0) is 31.0 Å². The smallest absolute Gasteiger partial charge is 0.251 e. The van der Waals surface area contributed by atoms with E-state index in [1.165, 1.54) is 19.3 Å². The fourth-order valence-electron chi connectivity index (χ4n) is 3.05. The topological polar surface area (TPSA) is 63.1 Å². The second-order valence-corrected chi connectivity index (χ2v) is 6.45. The van der Waals surface area contributed by atoms with E-state index in [4.69, 9.17) is 0 Å². The van der Waals surface area contributed by atoms with Crippen LogP contribution in [0.25, 0.3) is 0 Å². The third-order valence-electron chi connectivity index (χ3n) is 4.45. The first-order chi connectivity index (χ1) is 11.6. The molecule has 0 fully saturated rings. The van der Waals surface area contributed by atoms with Crippen molar-refractivity contribution in [1.82, 2.24) is 20.1 Å². The summed E-state index contributed by atoms with van der Waals surface area (Å²) in [5.74, 6) is 2.02. The first-order valence-corrected chi connectivity index (χ1v) is 8.61. The second kappa shape index (κ2) is 7.47. The minimum Gasteiger partial charge on any atom is -0.378 e. The van der Waals surface area contributed by atoms with E-state index in [1.807, 2.05) is 43.3 Å². The molecule has 6 heteroatoms. The molecule has 6 nitrogen and oxygen atoms in total. The Kier molecular flexibility index (Phi) is 5.13. The quantitative estimate of drug-likeness (QED) is 0.913. The fourth-order valence-corrected chi connectivity index (χ4v) is 3.05. The molecule has 1 aliphatic rings. The Bertz CT molecular complexity index is 707. The van der Waals surface area contributed by atoms with Gasteiger partial charge in [-0.2, -0.15) is 0 Å². The number of nitrogens with one attached hydrogen (secondary N) is 1. The minimum absolute atomic E-state index is 0.0469. The Morgan fingerprint density at radius 2 is 2.12 bits per heavy atom. The van der Waals surface area contributed by atoms with Crippen LogP contribution in [0.4, 0.5) is 5.69 Å². The lowest BCUT2D eigenvalue weighted by Gasteiger charge is -2.13. The van der Waals surface area contributed by atoms with Crippen molar-refractivity contribution in [3.05, 3.63) is 41.5 Å². The number of anilines is 1. The zero-order valence-corrected chi connectivity index (χ0v) is 14.5. The number of carbonyl (C=O) groups excluding carboxylic acids is 1. The Morgan fingerprint density at radius 1 is 1.25 bits per heavy atom. The Balaban J connectivity index is 1.58. The molecule has 0 unspecified atom stereocenters. The molecule has 128 valence electrons. The highest BCUT2D eigenvalue weighted by Crippen LogP contribution is 2.15. The van der Waals surface area contributed by atoms with E-state index < -0.39 is 0 Å². The molecule has 0 bridgehead atoms. The Labute approximate surface area is 142 Å². The summed E-state index contributed by atoms with van der Waals surface area (Å²) in [6.07, 6.45) is 5.35. The lowest BCUT2D eigenvalue weighted by atomic mass is 10.2. The van der Waals surface area contributed by atoms with Crippen molar-refractivity contribution in [2.45, 2.75) is 38.6 Å². The number of carbonyl (C=O) groups is 1. The molecule has 2 heterocycles.